The second-order valence-electron chi connectivity index (χ2n) is 7.30. The maximum absolute atomic E-state index is 13.9. The second kappa shape index (κ2) is 10.1. The number of alkyl halides is 3. The minimum absolute atomic E-state index is 0.0514. The van der Waals surface area contributed by atoms with Crippen molar-refractivity contribution in [3.8, 4) is 11.3 Å². The van der Waals surface area contributed by atoms with Crippen LogP contribution in [-0.4, -0.2) is 37.4 Å². The van der Waals surface area contributed by atoms with Crippen LogP contribution >= 0.6 is 0 Å². The van der Waals surface area contributed by atoms with Gasteiger partial charge in [0, 0.05) is 32.5 Å². The molecule has 0 saturated heterocycles. The quantitative estimate of drug-likeness (QED) is 0.536. The number of aryl methyl sites for hydroxylation is 2. The predicted octanol–water partition coefficient (Wildman–Crippen LogP) is 5.54. The Morgan fingerprint density at radius 1 is 1.07 bits per heavy atom. The standard InChI is InChI=1S/C22H31F3N4O/c1-7-10-19(30-6)28-21-18(9-3)26-20(17(8-2)27-21)15-12-11-14(29(4)5)13-16(15)22(23,24)25/h11-13,19H,7-10H2,1-6H3,(H,27,28). The van der Waals surface area contributed by atoms with Crippen LogP contribution in [0.25, 0.3) is 11.3 Å². The molecule has 1 atom stereocenters. The van der Waals surface area contributed by atoms with Crippen molar-refractivity contribution >= 4 is 11.5 Å². The van der Waals surface area contributed by atoms with Gasteiger partial charge in [-0.05, 0) is 31.4 Å². The fourth-order valence-corrected chi connectivity index (χ4v) is 3.24. The molecule has 0 spiro atoms. The zero-order chi connectivity index (χ0) is 22.5. The molecule has 0 aliphatic carbocycles. The van der Waals surface area contributed by atoms with Gasteiger partial charge in [0.1, 0.15) is 12.0 Å². The van der Waals surface area contributed by atoms with E-state index in [0.29, 0.717) is 35.7 Å². The number of nitrogens with one attached hydrogen (secondary N) is 1. The van der Waals surface area contributed by atoms with Gasteiger partial charge < -0.3 is 15.0 Å². The Balaban J connectivity index is 2.65. The van der Waals surface area contributed by atoms with Gasteiger partial charge in [-0.15, -0.1) is 0 Å². The zero-order valence-electron chi connectivity index (χ0n) is 18.5. The molecule has 0 bridgehead atoms. The predicted molar refractivity (Wildman–Crippen MR) is 115 cm³/mol. The number of nitrogens with zero attached hydrogens (tertiary/aromatic N) is 3. The van der Waals surface area contributed by atoms with Crippen molar-refractivity contribution < 1.29 is 17.9 Å². The monoisotopic (exact) mass is 424 g/mol. The molecule has 0 amide bonds. The summed E-state index contributed by atoms with van der Waals surface area (Å²) in [5, 5.41) is 3.25. The minimum Gasteiger partial charge on any atom is -0.378 e. The molecule has 0 aliphatic rings. The Kier molecular flexibility index (Phi) is 8.06. The van der Waals surface area contributed by atoms with E-state index < -0.39 is 11.7 Å². The van der Waals surface area contributed by atoms with Crippen LogP contribution in [0.15, 0.2) is 18.2 Å². The van der Waals surface area contributed by atoms with E-state index in [0.717, 1.165) is 18.9 Å². The number of aromatic nitrogens is 2. The Morgan fingerprint density at radius 3 is 2.23 bits per heavy atom. The maximum atomic E-state index is 13.9. The molecule has 1 aromatic heterocycles. The molecular formula is C22H31F3N4O. The van der Waals surface area contributed by atoms with Crippen LogP contribution in [0, 0.1) is 0 Å². The van der Waals surface area contributed by atoms with Gasteiger partial charge in [0.25, 0.3) is 0 Å². The van der Waals surface area contributed by atoms with Gasteiger partial charge in [0.2, 0.25) is 0 Å². The summed E-state index contributed by atoms with van der Waals surface area (Å²) in [6.07, 6.45) is -2.03. The van der Waals surface area contributed by atoms with Crippen LogP contribution in [0.1, 0.15) is 50.6 Å². The molecule has 1 aromatic carbocycles. The SMILES string of the molecule is CCCC(Nc1nc(CC)c(-c2ccc(N(C)C)cc2C(F)(F)F)nc1CC)OC. The largest absolute Gasteiger partial charge is 0.417 e. The summed E-state index contributed by atoms with van der Waals surface area (Å²) in [6.45, 7) is 5.83. The average Bonchev–Trinajstić information content (AvgIpc) is 2.71. The van der Waals surface area contributed by atoms with Gasteiger partial charge in [-0.2, -0.15) is 13.2 Å². The number of ether oxygens (including phenoxy) is 1. The second-order valence-corrected chi connectivity index (χ2v) is 7.30. The highest BCUT2D eigenvalue weighted by Crippen LogP contribution is 2.40. The minimum atomic E-state index is -4.50. The van der Waals surface area contributed by atoms with E-state index in [1.54, 1.807) is 32.2 Å². The maximum Gasteiger partial charge on any atom is 0.417 e. The molecule has 5 nitrogen and oxygen atoms in total. The highest BCUT2D eigenvalue weighted by atomic mass is 19.4. The summed E-state index contributed by atoms with van der Waals surface area (Å²) in [4.78, 5) is 10.9. The first-order valence-corrected chi connectivity index (χ1v) is 10.2. The van der Waals surface area contributed by atoms with Crippen molar-refractivity contribution in [2.24, 2.45) is 0 Å². The Hall–Kier alpha value is -2.35. The molecule has 0 fully saturated rings. The summed E-state index contributed by atoms with van der Waals surface area (Å²) in [5.74, 6) is 0.567. The van der Waals surface area contributed by atoms with E-state index in [1.807, 2.05) is 13.8 Å². The fourth-order valence-electron chi connectivity index (χ4n) is 3.24. The van der Waals surface area contributed by atoms with Crippen LogP contribution < -0.4 is 10.2 Å². The first-order chi connectivity index (χ1) is 14.2. The highest BCUT2D eigenvalue weighted by Gasteiger charge is 2.35. The van der Waals surface area contributed by atoms with E-state index in [2.05, 4.69) is 22.2 Å². The topological polar surface area (TPSA) is 50.3 Å². The highest BCUT2D eigenvalue weighted by molar-refractivity contribution is 5.71. The first-order valence-electron chi connectivity index (χ1n) is 10.2. The third-order valence-corrected chi connectivity index (χ3v) is 4.92. The van der Waals surface area contributed by atoms with Crippen LogP contribution in [-0.2, 0) is 23.8 Å². The molecule has 1 heterocycles. The first kappa shape index (κ1) is 23.9. The molecule has 166 valence electrons. The number of anilines is 2. The normalized spacial score (nSPS) is 12.7. The van der Waals surface area contributed by atoms with Crippen molar-refractivity contribution in [3.05, 3.63) is 35.2 Å². The van der Waals surface area contributed by atoms with Crippen LogP contribution in [0.4, 0.5) is 24.7 Å². The summed E-state index contributed by atoms with van der Waals surface area (Å²) in [6, 6.07) is 4.32. The van der Waals surface area contributed by atoms with Gasteiger partial charge in [0.05, 0.1) is 22.6 Å². The Morgan fingerprint density at radius 2 is 1.73 bits per heavy atom. The lowest BCUT2D eigenvalue weighted by Crippen LogP contribution is -2.24. The zero-order valence-corrected chi connectivity index (χ0v) is 18.5. The van der Waals surface area contributed by atoms with Crippen molar-refractivity contribution in [3.63, 3.8) is 0 Å². The van der Waals surface area contributed by atoms with E-state index in [9.17, 15) is 13.2 Å². The van der Waals surface area contributed by atoms with Gasteiger partial charge >= 0.3 is 6.18 Å². The molecule has 0 saturated carbocycles. The van der Waals surface area contributed by atoms with Gasteiger partial charge in [-0.25, -0.2) is 9.97 Å². The third-order valence-electron chi connectivity index (χ3n) is 4.92. The number of hydrogen-bond acceptors (Lipinski definition) is 5. The molecule has 1 N–H and O–H groups in total. The Bertz CT molecular complexity index is 853. The van der Waals surface area contributed by atoms with Crippen molar-refractivity contribution in [1.29, 1.82) is 0 Å². The van der Waals surface area contributed by atoms with E-state index in [4.69, 9.17) is 4.74 Å². The third kappa shape index (κ3) is 5.41. The number of benzene rings is 1. The molecule has 0 aliphatic heterocycles. The van der Waals surface area contributed by atoms with Gasteiger partial charge in [0.15, 0.2) is 0 Å². The van der Waals surface area contributed by atoms with E-state index in [1.165, 1.54) is 6.07 Å². The molecule has 30 heavy (non-hydrogen) atoms. The molecular weight excluding hydrogens is 393 g/mol. The number of halogens is 3. The van der Waals surface area contributed by atoms with E-state index >= 15 is 0 Å². The van der Waals surface area contributed by atoms with E-state index in [-0.39, 0.29) is 17.5 Å². The molecule has 0 radical (unpaired) electrons. The number of rotatable bonds is 9. The lowest BCUT2D eigenvalue weighted by molar-refractivity contribution is -0.137. The van der Waals surface area contributed by atoms with Crippen LogP contribution in [0.2, 0.25) is 0 Å². The van der Waals surface area contributed by atoms with Crippen molar-refractivity contribution in [2.45, 2.75) is 58.9 Å². The Labute approximate surface area is 176 Å². The van der Waals surface area contributed by atoms with Crippen LogP contribution in [0.3, 0.4) is 0 Å². The molecule has 8 heteroatoms. The summed E-state index contributed by atoms with van der Waals surface area (Å²) >= 11 is 0. The van der Waals surface area contributed by atoms with Crippen molar-refractivity contribution in [2.75, 3.05) is 31.4 Å². The number of methoxy groups -OCH3 is 1. The lowest BCUT2D eigenvalue weighted by atomic mass is 9.99. The summed E-state index contributed by atoms with van der Waals surface area (Å²) in [7, 11) is 5.04. The molecule has 1 unspecified atom stereocenters. The summed E-state index contributed by atoms with van der Waals surface area (Å²) in [5.41, 5.74) is 1.24. The fraction of sp³-hybridized carbons (Fsp3) is 0.545. The lowest BCUT2D eigenvalue weighted by Gasteiger charge is -2.22. The molecule has 2 aromatic rings. The number of hydrogen-bond donors (Lipinski definition) is 1. The van der Waals surface area contributed by atoms with Gasteiger partial charge in [-0.3, -0.25) is 0 Å². The van der Waals surface area contributed by atoms with Gasteiger partial charge in [-0.1, -0.05) is 33.3 Å². The van der Waals surface area contributed by atoms with Crippen molar-refractivity contribution in [1.82, 2.24) is 9.97 Å². The smallest absolute Gasteiger partial charge is 0.378 e. The molecule has 2 rings (SSSR count). The van der Waals surface area contributed by atoms with Crippen LogP contribution in [0.5, 0.6) is 0 Å². The summed E-state index contributed by atoms with van der Waals surface area (Å²) < 4.78 is 47.1. The average molecular weight is 425 g/mol.